The summed E-state index contributed by atoms with van der Waals surface area (Å²) < 4.78 is 67.8. The quantitative estimate of drug-likeness (QED) is 0.219. The van der Waals surface area contributed by atoms with Crippen molar-refractivity contribution < 1.29 is 36.3 Å². The molecule has 2 aliphatic rings. The smallest absolute Gasteiger partial charge is 0.416 e. The molecular formula is C35H33ClF3N9O6S. The highest BCUT2D eigenvalue weighted by Gasteiger charge is 2.37. The van der Waals surface area contributed by atoms with Crippen LogP contribution in [0.5, 0.6) is 5.75 Å². The SMILES string of the molecule is CCc1c(N2CCN(C(=O)c3ncnc(C)c3O)CC2)c(=O)n2nc(-c3ccc(S(=O)(=O)C4CC4)cc3)nc2n1CC(=O)Nc1ccc(C(F)(F)F)cc1Cl. The zero-order valence-corrected chi connectivity index (χ0v) is 30.9. The van der Waals surface area contributed by atoms with E-state index in [9.17, 15) is 41.1 Å². The van der Waals surface area contributed by atoms with Gasteiger partial charge in [-0.15, -0.1) is 5.10 Å². The summed E-state index contributed by atoms with van der Waals surface area (Å²) in [5.41, 5.74) is -0.545. The second-order valence-electron chi connectivity index (χ2n) is 13.1. The number of aryl methyl sites for hydroxylation is 1. The number of hydrogen-bond donors (Lipinski definition) is 2. The third-order valence-electron chi connectivity index (χ3n) is 9.53. The van der Waals surface area contributed by atoms with Crippen LogP contribution in [0.1, 0.15) is 47.2 Å². The van der Waals surface area contributed by atoms with Crippen LogP contribution in [0.4, 0.5) is 24.5 Å². The standard InChI is InChI=1S/C35H33ClF3N9O6S/c1-3-26-29(45-12-14-46(15-13-45)32(51)28-30(50)19(2)40-18-41-28)33(52)48-34(43-31(44-48)20-4-7-22(8-5-20)55(53,54)23-9-10-23)47(26)17-27(49)42-25-11-6-21(16-24(25)36)35(37,38)39/h4-8,11,16,18,23,50H,3,9-10,12-15,17H2,1-2H3,(H,42,49). The van der Waals surface area contributed by atoms with Crippen LogP contribution in [0.2, 0.25) is 5.02 Å². The van der Waals surface area contributed by atoms with E-state index in [1.54, 1.807) is 18.7 Å². The van der Waals surface area contributed by atoms with E-state index in [2.05, 4.69) is 25.4 Å². The second-order valence-corrected chi connectivity index (χ2v) is 15.8. The molecule has 0 radical (unpaired) electrons. The fourth-order valence-corrected chi connectivity index (χ4v) is 8.33. The maximum absolute atomic E-state index is 14.3. The molecule has 2 amide bonds. The minimum absolute atomic E-state index is 0.0210. The van der Waals surface area contributed by atoms with Crippen molar-refractivity contribution in [2.24, 2.45) is 0 Å². The fraction of sp³-hybridized carbons (Fsp3) is 0.343. The van der Waals surface area contributed by atoms with Crippen molar-refractivity contribution in [2.45, 2.75) is 56.0 Å². The highest BCUT2D eigenvalue weighted by Crippen LogP contribution is 2.35. The number of alkyl halides is 3. The molecule has 0 atom stereocenters. The number of benzene rings is 2. The summed E-state index contributed by atoms with van der Waals surface area (Å²) in [6, 6.07) is 8.51. The summed E-state index contributed by atoms with van der Waals surface area (Å²) in [6.07, 6.45) is -2.04. The van der Waals surface area contributed by atoms with E-state index in [-0.39, 0.29) is 82.6 Å². The number of fused-ring (bicyclic) bond motifs is 1. The average Bonchev–Trinajstić information content (AvgIpc) is 3.93. The summed E-state index contributed by atoms with van der Waals surface area (Å²) in [7, 11) is -3.47. The Hall–Kier alpha value is -5.56. The number of nitrogens with zero attached hydrogens (tertiary/aromatic N) is 8. The number of nitrogens with one attached hydrogen (secondary N) is 1. The first-order valence-corrected chi connectivity index (χ1v) is 19.1. The van der Waals surface area contributed by atoms with Gasteiger partial charge in [0.1, 0.15) is 18.6 Å². The van der Waals surface area contributed by atoms with Crippen LogP contribution in [0.25, 0.3) is 17.2 Å². The lowest BCUT2D eigenvalue weighted by Gasteiger charge is -2.36. The molecule has 0 spiro atoms. The lowest BCUT2D eigenvalue weighted by Crippen LogP contribution is -2.51. The molecule has 5 aromatic rings. The third kappa shape index (κ3) is 7.20. The fourth-order valence-electron chi connectivity index (χ4n) is 6.45. The van der Waals surface area contributed by atoms with Gasteiger partial charge in [0, 0.05) is 31.7 Å². The lowest BCUT2D eigenvalue weighted by atomic mass is 10.2. The van der Waals surface area contributed by atoms with Gasteiger partial charge in [0.2, 0.25) is 11.7 Å². The highest BCUT2D eigenvalue weighted by molar-refractivity contribution is 7.92. The van der Waals surface area contributed by atoms with E-state index in [1.807, 2.05) is 0 Å². The molecule has 1 saturated heterocycles. The summed E-state index contributed by atoms with van der Waals surface area (Å²) >= 11 is 6.12. The van der Waals surface area contributed by atoms with Crippen molar-refractivity contribution in [3.8, 4) is 17.1 Å². The number of amides is 2. The predicted molar refractivity (Wildman–Crippen MR) is 194 cm³/mol. The van der Waals surface area contributed by atoms with Gasteiger partial charge in [-0.2, -0.15) is 22.7 Å². The van der Waals surface area contributed by atoms with Crippen molar-refractivity contribution in [3.05, 3.63) is 86.8 Å². The monoisotopic (exact) mass is 799 g/mol. The van der Waals surface area contributed by atoms with E-state index >= 15 is 0 Å². The Kier molecular flexibility index (Phi) is 9.78. The summed E-state index contributed by atoms with van der Waals surface area (Å²) in [5.74, 6) is -1.48. The molecule has 288 valence electrons. The van der Waals surface area contributed by atoms with Gasteiger partial charge in [-0.25, -0.2) is 18.4 Å². The zero-order chi connectivity index (χ0) is 39.4. The molecule has 1 aliphatic heterocycles. The van der Waals surface area contributed by atoms with Gasteiger partial charge in [-0.1, -0.05) is 18.5 Å². The first-order valence-electron chi connectivity index (χ1n) is 17.2. The number of hydrogen-bond acceptors (Lipinski definition) is 11. The average molecular weight is 800 g/mol. The molecule has 2 fully saturated rings. The van der Waals surface area contributed by atoms with Gasteiger partial charge >= 0.3 is 6.18 Å². The molecular weight excluding hydrogens is 767 g/mol. The van der Waals surface area contributed by atoms with Crippen molar-refractivity contribution in [1.29, 1.82) is 0 Å². The molecule has 0 bridgehead atoms. The lowest BCUT2D eigenvalue weighted by molar-refractivity contribution is -0.137. The molecule has 20 heteroatoms. The summed E-state index contributed by atoms with van der Waals surface area (Å²) in [4.78, 5) is 57.0. The van der Waals surface area contributed by atoms with Crippen LogP contribution in [0.15, 0.2) is 58.5 Å². The first kappa shape index (κ1) is 37.7. The van der Waals surface area contributed by atoms with Crippen LogP contribution in [0, 0.1) is 6.92 Å². The van der Waals surface area contributed by atoms with Crippen LogP contribution in [-0.4, -0.2) is 90.8 Å². The topological polar surface area (TPSA) is 185 Å². The van der Waals surface area contributed by atoms with Crippen LogP contribution in [-0.2, 0) is 33.8 Å². The van der Waals surface area contributed by atoms with Gasteiger partial charge in [0.05, 0.1) is 37.8 Å². The Morgan fingerprint density at radius 2 is 1.73 bits per heavy atom. The van der Waals surface area contributed by atoms with E-state index in [1.165, 1.54) is 40.1 Å². The van der Waals surface area contributed by atoms with E-state index in [0.717, 1.165) is 16.6 Å². The van der Waals surface area contributed by atoms with Crippen LogP contribution < -0.4 is 15.8 Å². The van der Waals surface area contributed by atoms with Gasteiger partial charge in [-0.3, -0.25) is 14.4 Å². The Labute approximate surface area is 316 Å². The summed E-state index contributed by atoms with van der Waals surface area (Å²) in [6.45, 7) is 3.50. The van der Waals surface area contributed by atoms with Gasteiger partial charge in [0.15, 0.2) is 27.1 Å². The maximum Gasteiger partial charge on any atom is 0.416 e. The van der Waals surface area contributed by atoms with Crippen molar-refractivity contribution >= 4 is 50.4 Å². The Balaban J connectivity index is 1.25. The zero-order valence-electron chi connectivity index (χ0n) is 29.3. The molecule has 2 aromatic carbocycles. The number of aromatic hydroxyl groups is 1. The van der Waals surface area contributed by atoms with Gasteiger partial charge in [-0.05, 0) is 68.7 Å². The third-order valence-corrected chi connectivity index (χ3v) is 12.1. The van der Waals surface area contributed by atoms with Crippen molar-refractivity contribution in [3.63, 3.8) is 0 Å². The molecule has 4 heterocycles. The largest absolute Gasteiger partial charge is 0.504 e. The second kappa shape index (κ2) is 14.3. The van der Waals surface area contributed by atoms with Crippen molar-refractivity contribution in [2.75, 3.05) is 36.4 Å². The number of sulfone groups is 1. The number of aromatic nitrogens is 6. The minimum Gasteiger partial charge on any atom is -0.504 e. The minimum atomic E-state index is -4.65. The number of halogens is 4. The molecule has 2 N–H and O–H groups in total. The molecule has 7 rings (SSSR count). The maximum atomic E-state index is 14.3. The number of carbonyl (C=O) groups excluding carboxylic acids is 2. The van der Waals surface area contributed by atoms with Crippen LogP contribution in [0.3, 0.4) is 0 Å². The van der Waals surface area contributed by atoms with E-state index in [4.69, 9.17) is 11.6 Å². The molecule has 1 saturated carbocycles. The predicted octanol–water partition coefficient (Wildman–Crippen LogP) is 4.13. The molecule has 0 unspecified atom stereocenters. The normalized spacial score (nSPS) is 15.1. The first-order chi connectivity index (χ1) is 26.1. The number of anilines is 2. The Bertz CT molecular complexity index is 2510. The molecule has 1 aliphatic carbocycles. The summed E-state index contributed by atoms with van der Waals surface area (Å²) in [5, 5.41) is 16.7. The highest BCUT2D eigenvalue weighted by atomic mass is 35.5. The Morgan fingerprint density at radius 3 is 2.35 bits per heavy atom. The van der Waals surface area contributed by atoms with Crippen LogP contribution >= 0.6 is 11.6 Å². The molecule has 3 aromatic heterocycles. The van der Waals surface area contributed by atoms with Gasteiger partial charge in [0.25, 0.3) is 11.5 Å². The Morgan fingerprint density at radius 1 is 1.04 bits per heavy atom. The number of carbonyl (C=O) groups is 2. The van der Waals surface area contributed by atoms with E-state index < -0.39 is 50.7 Å². The van der Waals surface area contributed by atoms with Gasteiger partial charge < -0.3 is 24.8 Å². The molecule has 15 nitrogen and oxygen atoms in total. The number of piperazine rings is 1. The van der Waals surface area contributed by atoms with E-state index in [0.29, 0.717) is 30.2 Å². The molecule has 55 heavy (non-hydrogen) atoms. The number of rotatable bonds is 9. The van der Waals surface area contributed by atoms with Crippen molar-refractivity contribution in [1.82, 2.24) is 34.0 Å².